The van der Waals surface area contributed by atoms with Crippen LogP contribution in [0.4, 0.5) is 4.39 Å². The molecule has 1 amide bonds. The minimum Gasteiger partial charge on any atom is -0.384 e. The number of rotatable bonds is 3. The second kappa shape index (κ2) is 7.02. The molecule has 0 fully saturated rings. The van der Waals surface area contributed by atoms with Gasteiger partial charge >= 0.3 is 0 Å². The van der Waals surface area contributed by atoms with E-state index < -0.39 is 0 Å². The summed E-state index contributed by atoms with van der Waals surface area (Å²) in [6, 6.07) is 9.26. The molecule has 1 atom stereocenters. The Labute approximate surface area is 126 Å². The summed E-state index contributed by atoms with van der Waals surface area (Å²) in [6.07, 6.45) is 0. The molecule has 1 unspecified atom stereocenters. The van der Waals surface area contributed by atoms with Crippen molar-refractivity contribution in [3.63, 3.8) is 0 Å². The largest absolute Gasteiger partial charge is 0.384 e. The van der Waals surface area contributed by atoms with Gasteiger partial charge in [-0.15, -0.1) is 11.3 Å². The van der Waals surface area contributed by atoms with Gasteiger partial charge < -0.3 is 10.4 Å². The van der Waals surface area contributed by atoms with Crippen LogP contribution >= 0.6 is 11.3 Å². The molecule has 0 radical (unpaired) electrons. The molecule has 2 aromatic rings. The molecule has 1 aromatic heterocycles. The molecule has 2 rings (SSSR count). The van der Waals surface area contributed by atoms with E-state index in [-0.39, 0.29) is 24.4 Å². The smallest absolute Gasteiger partial charge is 0.261 e. The highest BCUT2D eigenvalue weighted by molar-refractivity contribution is 7.14. The number of benzene rings is 1. The zero-order valence-electron chi connectivity index (χ0n) is 11.4. The first kappa shape index (κ1) is 15.2. The van der Waals surface area contributed by atoms with Crippen molar-refractivity contribution >= 4 is 17.2 Å². The molecule has 0 spiro atoms. The molecular formula is C16H14FNO2S. The first-order chi connectivity index (χ1) is 10.1. The lowest BCUT2D eigenvalue weighted by atomic mass is 10.1. The molecule has 0 aliphatic carbocycles. The van der Waals surface area contributed by atoms with E-state index >= 15 is 0 Å². The van der Waals surface area contributed by atoms with Crippen molar-refractivity contribution in [2.24, 2.45) is 0 Å². The third-order valence-corrected chi connectivity index (χ3v) is 3.82. The summed E-state index contributed by atoms with van der Waals surface area (Å²) in [6.45, 7) is 1.59. The number of hydrogen-bond acceptors (Lipinski definition) is 3. The van der Waals surface area contributed by atoms with Gasteiger partial charge in [0, 0.05) is 0 Å². The van der Waals surface area contributed by atoms with Gasteiger partial charge in [-0.25, -0.2) is 4.39 Å². The first-order valence-corrected chi connectivity index (χ1v) is 7.17. The van der Waals surface area contributed by atoms with Gasteiger partial charge in [-0.05, 0) is 36.8 Å². The van der Waals surface area contributed by atoms with Crippen LogP contribution in [-0.2, 0) is 0 Å². The van der Waals surface area contributed by atoms with Gasteiger partial charge in [0.2, 0.25) is 0 Å². The maximum Gasteiger partial charge on any atom is 0.261 e. The van der Waals surface area contributed by atoms with Gasteiger partial charge in [-0.2, -0.15) is 0 Å². The van der Waals surface area contributed by atoms with Crippen molar-refractivity contribution < 1.29 is 14.3 Å². The van der Waals surface area contributed by atoms with Gasteiger partial charge in [-0.3, -0.25) is 4.79 Å². The van der Waals surface area contributed by atoms with E-state index in [2.05, 4.69) is 17.2 Å². The summed E-state index contributed by atoms with van der Waals surface area (Å²) in [5.41, 5.74) is 0.709. The summed E-state index contributed by atoms with van der Waals surface area (Å²) >= 11 is 1.25. The van der Waals surface area contributed by atoms with Gasteiger partial charge in [0.25, 0.3) is 5.91 Å². The minimum atomic E-state index is -0.328. The first-order valence-electron chi connectivity index (χ1n) is 6.36. The molecule has 3 nitrogen and oxygen atoms in total. The van der Waals surface area contributed by atoms with E-state index in [9.17, 15) is 9.18 Å². The Kier molecular flexibility index (Phi) is 5.09. The van der Waals surface area contributed by atoms with Crippen LogP contribution in [0.3, 0.4) is 0 Å². The fourth-order valence-corrected chi connectivity index (χ4v) is 2.56. The second-order valence-corrected chi connectivity index (χ2v) is 5.46. The predicted molar refractivity (Wildman–Crippen MR) is 80.6 cm³/mol. The summed E-state index contributed by atoms with van der Waals surface area (Å²) in [5, 5.41) is 11.4. The van der Waals surface area contributed by atoms with Gasteiger partial charge in [0.05, 0.1) is 15.8 Å². The van der Waals surface area contributed by atoms with Crippen LogP contribution in [0.15, 0.2) is 36.4 Å². The lowest BCUT2D eigenvalue weighted by Crippen LogP contribution is -2.25. The normalized spacial score (nSPS) is 11.4. The van der Waals surface area contributed by atoms with Crippen LogP contribution in [0.2, 0.25) is 0 Å². The monoisotopic (exact) mass is 303 g/mol. The predicted octanol–water partition coefficient (Wildman–Crippen LogP) is 2.72. The summed E-state index contributed by atoms with van der Waals surface area (Å²) in [5.74, 6) is 4.73. The maximum absolute atomic E-state index is 13.2. The van der Waals surface area contributed by atoms with Gasteiger partial charge in [-0.1, -0.05) is 24.0 Å². The quantitative estimate of drug-likeness (QED) is 0.857. The summed E-state index contributed by atoms with van der Waals surface area (Å²) in [4.78, 5) is 13.4. The van der Waals surface area contributed by atoms with Crippen LogP contribution < -0.4 is 5.32 Å². The van der Waals surface area contributed by atoms with Crippen molar-refractivity contribution in [1.82, 2.24) is 5.32 Å². The Morgan fingerprint density at radius 1 is 1.43 bits per heavy atom. The van der Waals surface area contributed by atoms with Crippen molar-refractivity contribution in [2.45, 2.75) is 13.0 Å². The summed E-state index contributed by atoms with van der Waals surface area (Å²) in [7, 11) is 0. The lowest BCUT2D eigenvalue weighted by Gasteiger charge is -2.13. The van der Waals surface area contributed by atoms with Gasteiger partial charge in [0.1, 0.15) is 12.4 Å². The fraction of sp³-hybridized carbons (Fsp3) is 0.188. The molecule has 21 heavy (non-hydrogen) atoms. The van der Waals surface area contributed by atoms with E-state index in [1.54, 1.807) is 31.2 Å². The fourth-order valence-electron chi connectivity index (χ4n) is 1.78. The molecule has 0 aliphatic rings. The molecule has 108 valence electrons. The van der Waals surface area contributed by atoms with Crippen LogP contribution in [0.5, 0.6) is 0 Å². The number of nitrogens with one attached hydrogen (secondary N) is 1. The van der Waals surface area contributed by atoms with E-state index in [4.69, 9.17) is 5.11 Å². The number of hydrogen-bond donors (Lipinski definition) is 2. The third-order valence-electron chi connectivity index (χ3n) is 2.82. The Morgan fingerprint density at radius 3 is 2.95 bits per heavy atom. The van der Waals surface area contributed by atoms with Gasteiger partial charge in [0.15, 0.2) is 0 Å². The molecule has 5 heteroatoms. The molecule has 2 N–H and O–H groups in total. The highest BCUT2D eigenvalue weighted by atomic mass is 32.1. The number of amides is 1. The van der Waals surface area contributed by atoms with Crippen LogP contribution in [0.25, 0.3) is 0 Å². The Hall–Kier alpha value is -2.16. The number of carbonyl (C=O) groups excluding carboxylic acids is 1. The Bertz CT molecular complexity index is 700. The van der Waals surface area contributed by atoms with E-state index in [1.165, 1.54) is 23.5 Å². The van der Waals surface area contributed by atoms with E-state index in [0.717, 1.165) is 0 Å². The molecular weight excluding hydrogens is 289 g/mol. The van der Waals surface area contributed by atoms with Crippen LogP contribution in [0, 0.1) is 17.7 Å². The molecule has 0 aliphatic heterocycles. The zero-order valence-corrected chi connectivity index (χ0v) is 12.2. The third kappa shape index (κ3) is 4.15. The average molecular weight is 303 g/mol. The maximum atomic E-state index is 13.2. The van der Waals surface area contributed by atoms with Crippen molar-refractivity contribution in [3.8, 4) is 11.8 Å². The topological polar surface area (TPSA) is 49.3 Å². The molecule has 0 saturated heterocycles. The molecule has 1 aromatic carbocycles. The average Bonchev–Trinajstić information content (AvgIpc) is 2.94. The number of carbonyl (C=O) groups is 1. The van der Waals surface area contributed by atoms with Crippen LogP contribution in [-0.4, -0.2) is 17.6 Å². The lowest BCUT2D eigenvalue weighted by molar-refractivity contribution is 0.0944. The summed E-state index contributed by atoms with van der Waals surface area (Å²) < 4.78 is 13.2. The SMILES string of the molecule is CC(NC(=O)c1ccc(C#CCO)s1)c1cccc(F)c1. The minimum absolute atomic E-state index is 0.212. The zero-order chi connectivity index (χ0) is 15.2. The van der Waals surface area contributed by atoms with Crippen molar-refractivity contribution in [3.05, 3.63) is 57.5 Å². The van der Waals surface area contributed by atoms with Crippen LogP contribution in [0.1, 0.15) is 33.1 Å². The highest BCUT2D eigenvalue weighted by Crippen LogP contribution is 2.18. The highest BCUT2D eigenvalue weighted by Gasteiger charge is 2.13. The number of aliphatic hydroxyl groups is 1. The van der Waals surface area contributed by atoms with E-state index in [1.807, 2.05) is 0 Å². The standard InChI is InChI=1S/C16H14FNO2S/c1-11(12-4-2-5-13(17)10-12)18-16(20)15-8-7-14(21-15)6-3-9-19/h2,4-5,7-8,10-11,19H,9H2,1H3,(H,18,20). The van der Waals surface area contributed by atoms with E-state index in [0.29, 0.717) is 15.3 Å². The number of thiophene rings is 1. The second-order valence-electron chi connectivity index (χ2n) is 4.37. The molecule has 0 saturated carbocycles. The van der Waals surface area contributed by atoms with Crippen molar-refractivity contribution in [1.29, 1.82) is 0 Å². The Balaban J connectivity index is 2.05. The molecule has 0 bridgehead atoms. The Morgan fingerprint density at radius 2 is 2.24 bits per heavy atom. The number of halogens is 1. The number of aliphatic hydroxyl groups excluding tert-OH is 1. The molecule has 1 heterocycles. The van der Waals surface area contributed by atoms with Crippen molar-refractivity contribution in [2.75, 3.05) is 6.61 Å².